The van der Waals surface area contributed by atoms with Gasteiger partial charge in [-0.3, -0.25) is 9.36 Å². The third-order valence-electron chi connectivity index (χ3n) is 2.68. The number of ether oxygens (including phenoxy) is 1. The number of aliphatic hydroxyl groups excluding tert-OH is 1. The largest absolute Gasteiger partial charge is 0.458 e. The number of fused-ring (bicyclic) bond motifs is 3. The van der Waals surface area contributed by atoms with Gasteiger partial charge in [0.15, 0.2) is 0 Å². The van der Waals surface area contributed by atoms with E-state index >= 15 is 0 Å². The van der Waals surface area contributed by atoms with Crippen molar-refractivity contribution in [2.45, 2.75) is 23.1 Å². The highest BCUT2D eigenvalue weighted by molar-refractivity contribution is 8.00. The number of aliphatic hydroxyl groups is 1. The zero-order chi connectivity index (χ0) is 10.4. The molecule has 0 radical (unpaired) electrons. The molecule has 3 heterocycles. The Bertz CT molecular complexity index is 447. The third kappa shape index (κ3) is 1.36. The molecule has 1 saturated heterocycles. The molecule has 0 saturated carbocycles. The molecule has 0 aromatic carbocycles. The van der Waals surface area contributed by atoms with Gasteiger partial charge in [0.25, 0.3) is 5.56 Å². The van der Waals surface area contributed by atoms with Crippen molar-refractivity contribution in [2.24, 2.45) is 0 Å². The fourth-order valence-corrected chi connectivity index (χ4v) is 3.41. The highest BCUT2D eigenvalue weighted by Crippen LogP contribution is 2.47. The molecule has 3 atom stereocenters. The van der Waals surface area contributed by atoms with Gasteiger partial charge in [0.1, 0.15) is 11.5 Å². The molecule has 1 aromatic rings. The summed E-state index contributed by atoms with van der Waals surface area (Å²) in [4.78, 5) is 14.8. The summed E-state index contributed by atoms with van der Waals surface area (Å²) in [6.07, 6.45) is 2.56. The molecule has 6 heteroatoms. The predicted molar refractivity (Wildman–Crippen MR) is 55.0 cm³/mol. The molecule has 5 nitrogen and oxygen atoms in total. The van der Waals surface area contributed by atoms with Crippen molar-refractivity contribution in [3.63, 3.8) is 0 Å². The van der Waals surface area contributed by atoms with Crippen LogP contribution in [0.4, 0.5) is 0 Å². The minimum Gasteiger partial charge on any atom is -0.458 e. The van der Waals surface area contributed by atoms with E-state index in [1.165, 1.54) is 6.07 Å². The first-order valence-electron chi connectivity index (χ1n) is 4.80. The fraction of sp³-hybridized carbons (Fsp3) is 0.556. The first-order chi connectivity index (χ1) is 7.28. The summed E-state index contributed by atoms with van der Waals surface area (Å²) in [5, 5.41) is 9.45. The first-order valence-corrected chi connectivity index (χ1v) is 5.74. The smallest absolute Gasteiger partial charge is 0.301 e. The van der Waals surface area contributed by atoms with E-state index in [0.29, 0.717) is 6.01 Å². The first kappa shape index (κ1) is 9.23. The Morgan fingerprint density at radius 3 is 3.40 bits per heavy atom. The number of hydrogen-bond acceptors (Lipinski definition) is 5. The molecule has 0 spiro atoms. The molecule has 0 unspecified atom stereocenters. The maximum atomic E-state index is 11.0. The zero-order valence-corrected chi connectivity index (χ0v) is 8.68. The van der Waals surface area contributed by atoms with Crippen LogP contribution in [0.2, 0.25) is 0 Å². The Morgan fingerprint density at radius 2 is 2.60 bits per heavy atom. The van der Waals surface area contributed by atoms with E-state index < -0.39 is 0 Å². The van der Waals surface area contributed by atoms with Crippen LogP contribution in [0.3, 0.4) is 0 Å². The highest BCUT2D eigenvalue weighted by Gasteiger charge is 2.43. The van der Waals surface area contributed by atoms with Crippen LogP contribution in [0, 0.1) is 0 Å². The summed E-state index contributed by atoms with van der Waals surface area (Å²) in [6.45, 7) is 0.171. The Morgan fingerprint density at radius 1 is 1.73 bits per heavy atom. The number of nitrogens with zero attached hydrogens (tertiary/aromatic N) is 2. The lowest BCUT2D eigenvalue weighted by atomic mass is 10.2. The van der Waals surface area contributed by atoms with Gasteiger partial charge in [-0.2, -0.15) is 4.98 Å². The maximum Gasteiger partial charge on any atom is 0.301 e. The van der Waals surface area contributed by atoms with Crippen molar-refractivity contribution >= 4 is 11.8 Å². The van der Waals surface area contributed by atoms with Gasteiger partial charge in [0.05, 0.1) is 6.61 Å². The van der Waals surface area contributed by atoms with Crippen molar-refractivity contribution in [1.82, 2.24) is 9.55 Å². The molecule has 1 N–H and O–H groups in total. The summed E-state index contributed by atoms with van der Waals surface area (Å²) >= 11 is 1.68. The van der Waals surface area contributed by atoms with Crippen LogP contribution in [0.25, 0.3) is 0 Å². The van der Waals surface area contributed by atoms with E-state index in [1.807, 2.05) is 4.57 Å². The lowest BCUT2D eigenvalue weighted by Gasteiger charge is -2.09. The molecule has 1 aromatic heterocycles. The molecular weight excluding hydrogens is 216 g/mol. The van der Waals surface area contributed by atoms with Gasteiger partial charge in [-0.25, -0.2) is 0 Å². The minimum absolute atomic E-state index is 0.0430. The van der Waals surface area contributed by atoms with Gasteiger partial charge < -0.3 is 9.84 Å². The summed E-state index contributed by atoms with van der Waals surface area (Å²) in [6, 6.07) is 1.84. The second-order valence-electron chi connectivity index (χ2n) is 3.68. The van der Waals surface area contributed by atoms with Gasteiger partial charge in [0.2, 0.25) is 0 Å². The van der Waals surface area contributed by atoms with Crippen LogP contribution in [-0.4, -0.2) is 32.6 Å². The second-order valence-corrected chi connectivity index (χ2v) is 5.10. The quantitative estimate of drug-likeness (QED) is 0.730. The van der Waals surface area contributed by atoms with Crippen LogP contribution in [-0.2, 0) is 0 Å². The molecule has 0 amide bonds. The van der Waals surface area contributed by atoms with Gasteiger partial charge in [-0.05, 0) is 0 Å². The molecule has 3 rings (SSSR count). The molecule has 0 aliphatic carbocycles. The molecule has 1 fully saturated rings. The van der Waals surface area contributed by atoms with Gasteiger partial charge in [-0.1, -0.05) is 0 Å². The van der Waals surface area contributed by atoms with E-state index in [1.54, 1.807) is 18.0 Å². The van der Waals surface area contributed by atoms with Crippen LogP contribution < -0.4 is 10.3 Å². The Kier molecular flexibility index (Phi) is 2.00. The molecule has 2 aliphatic rings. The summed E-state index contributed by atoms with van der Waals surface area (Å²) in [7, 11) is 0. The van der Waals surface area contributed by atoms with E-state index in [0.717, 1.165) is 6.42 Å². The summed E-state index contributed by atoms with van der Waals surface area (Å²) in [5.41, 5.74) is -0.273. The van der Waals surface area contributed by atoms with Crippen LogP contribution in [0.5, 0.6) is 6.01 Å². The van der Waals surface area contributed by atoms with Gasteiger partial charge in [-0.15, -0.1) is 11.8 Å². The Balaban J connectivity index is 1.96. The zero-order valence-electron chi connectivity index (χ0n) is 7.87. The number of aromatic nitrogens is 2. The fourth-order valence-electron chi connectivity index (χ4n) is 2.00. The average Bonchev–Trinajstić information content (AvgIpc) is 2.73. The summed E-state index contributed by atoms with van der Waals surface area (Å²) < 4.78 is 7.43. The predicted octanol–water partition coefficient (Wildman–Crippen LogP) is 0.000700. The van der Waals surface area contributed by atoms with Crippen molar-refractivity contribution in [1.29, 1.82) is 0 Å². The van der Waals surface area contributed by atoms with Crippen molar-refractivity contribution in [3.8, 4) is 6.01 Å². The lowest BCUT2D eigenvalue weighted by Crippen LogP contribution is -2.15. The Hall–Kier alpha value is -1.01. The average molecular weight is 226 g/mol. The van der Waals surface area contributed by atoms with E-state index in [-0.39, 0.29) is 28.9 Å². The van der Waals surface area contributed by atoms with Crippen molar-refractivity contribution < 1.29 is 9.84 Å². The molecule has 15 heavy (non-hydrogen) atoms. The third-order valence-corrected chi connectivity index (χ3v) is 4.22. The maximum absolute atomic E-state index is 11.0. The van der Waals surface area contributed by atoms with Crippen LogP contribution in [0.1, 0.15) is 11.8 Å². The molecule has 2 aliphatic heterocycles. The number of hydrogen-bond donors (Lipinski definition) is 1. The standard InChI is InChI=1S/C9H10N2O3S/c12-4-5-3-6-8(15-5)11-2-1-7(13)10-9(11)14-6/h1-2,5-6,8,12H,3-4H2/t5-,6-,8+/m0/s1. The van der Waals surface area contributed by atoms with Crippen LogP contribution >= 0.6 is 11.8 Å². The molecular formula is C9H10N2O3S. The SMILES string of the molecule is O=c1ccn2c(n1)O[C@H]1C[C@@H](CO)S[C@H]12. The van der Waals surface area contributed by atoms with E-state index in [9.17, 15) is 4.79 Å². The molecule has 0 bridgehead atoms. The topological polar surface area (TPSA) is 64.4 Å². The minimum atomic E-state index is -0.273. The second kappa shape index (κ2) is 3.24. The van der Waals surface area contributed by atoms with E-state index in [2.05, 4.69) is 4.98 Å². The lowest BCUT2D eigenvalue weighted by molar-refractivity contribution is 0.204. The highest BCUT2D eigenvalue weighted by atomic mass is 32.2. The summed E-state index contributed by atoms with van der Waals surface area (Å²) in [5.74, 6) is 0. The van der Waals surface area contributed by atoms with Gasteiger partial charge >= 0.3 is 6.01 Å². The Labute approximate surface area is 90.1 Å². The molecule has 80 valence electrons. The normalized spacial score (nSPS) is 32.2. The van der Waals surface area contributed by atoms with Gasteiger partial charge in [0, 0.05) is 23.9 Å². The van der Waals surface area contributed by atoms with Crippen LogP contribution in [0.15, 0.2) is 17.1 Å². The monoisotopic (exact) mass is 226 g/mol. The van der Waals surface area contributed by atoms with Crippen molar-refractivity contribution in [3.05, 3.63) is 22.6 Å². The van der Waals surface area contributed by atoms with Crippen molar-refractivity contribution in [2.75, 3.05) is 6.61 Å². The number of thioether (sulfide) groups is 1. The van der Waals surface area contributed by atoms with E-state index in [4.69, 9.17) is 9.84 Å². The number of rotatable bonds is 1.